The predicted molar refractivity (Wildman–Crippen MR) is 142 cm³/mol. The van der Waals surface area contributed by atoms with E-state index in [1.807, 2.05) is 45.2 Å². The van der Waals surface area contributed by atoms with E-state index in [1.54, 1.807) is 6.33 Å². The topological polar surface area (TPSA) is 137 Å². The third kappa shape index (κ3) is 4.10. The molecule has 0 aliphatic carbocycles. The van der Waals surface area contributed by atoms with Gasteiger partial charge in [0.1, 0.15) is 24.2 Å². The fourth-order valence-corrected chi connectivity index (χ4v) is 6.16. The Morgan fingerprint density at radius 1 is 1.21 bits per heavy atom. The fourth-order valence-electron chi connectivity index (χ4n) is 6.16. The number of rotatable bonds is 4. The highest BCUT2D eigenvalue weighted by Crippen LogP contribution is 2.44. The van der Waals surface area contributed by atoms with E-state index in [0.29, 0.717) is 55.9 Å². The van der Waals surface area contributed by atoms with Crippen molar-refractivity contribution in [1.29, 1.82) is 0 Å². The Bertz CT molecular complexity index is 1500. The quantitative estimate of drug-likeness (QED) is 0.421. The van der Waals surface area contributed by atoms with Crippen LogP contribution in [-0.4, -0.2) is 75.9 Å². The first kappa shape index (κ1) is 24.7. The smallest absolute Gasteiger partial charge is 0.242 e. The van der Waals surface area contributed by atoms with Crippen molar-refractivity contribution in [2.24, 2.45) is 0 Å². The number of nitrogens with two attached hydrogens (primary N) is 1. The molecule has 3 aromatic heterocycles. The van der Waals surface area contributed by atoms with Crippen LogP contribution in [0.1, 0.15) is 57.8 Å². The zero-order valence-corrected chi connectivity index (χ0v) is 22.0. The summed E-state index contributed by atoms with van der Waals surface area (Å²) < 4.78 is 10.3. The highest BCUT2D eigenvalue weighted by molar-refractivity contribution is 5.82. The number of nitrogen functional groups attached to an aromatic ring is 1. The Labute approximate surface area is 220 Å². The van der Waals surface area contributed by atoms with Crippen LogP contribution in [-0.2, 0) is 16.1 Å². The van der Waals surface area contributed by atoms with Crippen LogP contribution in [0, 0.1) is 0 Å². The molecular weight excluding hydrogens is 484 g/mol. The van der Waals surface area contributed by atoms with Crippen LogP contribution in [0.25, 0.3) is 22.2 Å². The van der Waals surface area contributed by atoms with Gasteiger partial charge in [0.25, 0.3) is 0 Å². The van der Waals surface area contributed by atoms with Crippen molar-refractivity contribution < 1.29 is 14.6 Å². The van der Waals surface area contributed by atoms with Crippen molar-refractivity contribution in [3.63, 3.8) is 0 Å². The molecule has 11 nitrogen and oxygen atoms in total. The Morgan fingerprint density at radius 3 is 2.71 bits per heavy atom. The number of benzene rings is 1. The summed E-state index contributed by atoms with van der Waals surface area (Å²) in [5.41, 5.74) is 7.40. The second-order valence-corrected chi connectivity index (χ2v) is 11.2. The molecule has 2 aliphatic heterocycles. The van der Waals surface area contributed by atoms with E-state index in [0.717, 1.165) is 16.9 Å². The van der Waals surface area contributed by atoms with Gasteiger partial charge in [0.2, 0.25) is 5.91 Å². The molecule has 2 fully saturated rings. The summed E-state index contributed by atoms with van der Waals surface area (Å²) in [6.45, 7) is 7.78. The number of likely N-dealkylation sites (tertiary alicyclic amines) is 1. The average molecular weight is 519 g/mol. The maximum Gasteiger partial charge on any atom is 0.242 e. The molecule has 0 unspecified atom stereocenters. The Morgan fingerprint density at radius 2 is 1.97 bits per heavy atom. The van der Waals surface area contributed by atoms with Gasteiger partial charge in [-0.2, -0.15) is 0 Å². The van der Waals surface area contributed by atoms with Crippen LogP contribution >= 0.6 is 0 Å². The predicted octanol–water partition coefficient (Wildman–Crippen LogP) is 2.66. The average Bonchev–Trinajstić information content (AvgIpc) is 3.47. The van der Waals surface area contributed by atoms with Crippen molar-refractivity contribution in [3.8, 4) is 0 Å². The lowest BCUT2D eigenvalue weighted by atomic mass is 9.75. The lowest BCUT2D eigenvalue weighted by Crippen LogP contribution is -2.58. The zero-order chi connectivity index (χ0) is 26.7. The van der Waals surface area contributed by atoms with Crippen molar-refractivity contribution in [2.45, 2.75) is 69.7 Å². The van der Waals surface area contributed by atoms with E-state index in [1.165, 1.54) is 6.33 Å². The molecule has 3 N–H and O–H groups in total. The van der Waals surface area contributed by atoms with Gasteiger partial charge in [0, 0.05) is 25.4 Å². The van der Waals surface area contributed by atoms with Gasteiger partial charge in [0.15, 0.2) is 11.5 Å². The fraction of sp³-hybridized carbons (Fsp3) is 0.519. The number of ether oxygens (including phenoxy) is 1. The molecule has 1 amide bonds. The number of nitrogens with zero attached hydrogens (tertiary/aromatic N) is 7. The first-order valence-corrected chi connectivity index (χ1v) is 13.2. The van der Waals surface area contributed by atoms with Gasteiger partial charge in [-0.15, -0.1) is 0 Å². The summed E-state index contributed by atoms with van der Waals surface area (Å²) in [4.78, 5) is 32.8. The minimum Gasteiger partial charge on any atom is -0.388 e. The van der Waals surface area contributed by atoms with E-state index in [-0.39, 0.29) is 24.4 Å². The van der Waals surface area contributed by atoms with E-state index in [4.69, 9.17) is 15.5 Å². The summed E-state index contributed by atoms with van der Waals surface area (Å²) in [6.07, 6.45) is 4.84. The molecule has 0 saturated carbocycles. The van der Waals surface area contributed by atoms with Crippen LogP contribution < -0.4 is 5.73 Å². The normalized spacial score (nSPS) is 23.6. The number of imidazole rings is 2. The van der Waals surface area contributed by atoms with Crippen LogP contribution in [0.2, 0.25) is 0 Å². The lowest BCUT2D eigenvalue weighted by Gasteiger charge is -2.51. The second kappa shape index (κ2) is 9.02. The zero-order valence-electron chi connectivity index (χ0n) is 22.0. The molecular formula is C27H34N8O3. The highest BCUT2D eigenvalue weighted by Gasteiger charge is 2.50. The molecule has 0 bridgehead atoms. The van der Waals surface area contributed by atoms with Gasteiger partial charge in [-0.25, -0.2) is 19.9 Å². The summed E-state index contributed by atoms with van der Waals surface area (Å²) in [6, 6.07) is 7.59. The number of anilines is 1. The first-order chi connectivity index (χ1) is 18.2. The minimum absolute atomic E-state index is 0.0764. The summed E-state index contributed by atoms with van der Waals surface area (Å²) in [7, 11) is 0. The van der Waals surface area contributed by atoms with Gasteiger partial charge in [0.05, 0.1) is 41.2 Å². The summed E-state index contributed by atoms with van der Waals surface area (Å²) in [5, 5.41) is 11.6. The van der Waals surface area contributed by atoms with Crippen LogP contribution in [0.15, 0.2) is 36.9 Å². The van der Waals surface area contributed by atoms with E-state index >= 15 is 0 Å². The SMILES string of the molecule is CC(C)c1nc2ccccc2n1CC(=O)N1CCC2(CC1)C[C@@](C)(O)[C@H](n1cnc3c(N)ncnc31)CO2. The monoisotopic (exact) mass is 518 g/mol. The number of hydrogen-bond acceptors (Lipinski definition) is 8. The largest absolute Gasteiger partial charge is 0.388 e. The maximum absolute atomic E-state index is 13.4. The van der Waals surface area contributed by atoms with Crippen molar-refractivity contribution in [2.75, 3.05) is 25.4 Å². The molecule has 4 aromatic rings. The second-order valence-electron chi connectivity index (χ2n) is 11.2. The van der Waals surface area contributed by atoms with Gasteiger partial charge in [-0.3, -0.25) is 4.79 Å². The Balaban J connectivity index is 1.15. The van der Waals surface area contributed by atoms with Crippen molar-refractivity contribution in [3.05, 3.63) is 42.7 Å². The van der Waals surface area contributed by atoms with E-state index in [9.17, 15) is 9.90 Å². The molecule has 2 saturated heterocycles. The molecule has 11 heteroatoms. The Hall–Kier alpha value is -3.57. The molecule has 1 aromatic carbocycles. The molecule has 6 rings (SSSR count). The van der Waals surface area contributed by atoms with Crippen LogP contribution in [0.4, 0.5) is 5.82 Å². The van der Waals surface area contributed by atoms with E-state index in [2.05, 4.69) is 28.8 Å². The molecule has 1 spiro atoms. The number of fused-ring (bicyclic) bond motifs is 2. The highest BCUT2D eigenvalue weighted by atomic mass is 16.5. The number of piperidine rings is 1. The number of aromatic nitrogens is 6. The third-order valence-corrected chi connectivity index (χ3v) is 8.19. The molecule has 38 heavy (non-hydrogen) atoms. The summed E-state index contributed by atoms with van der Waals surface area (Å²) in [5.74, 6) is 1.52. The molecule has 2 atom stereocenters. The number of aliphatic hydroxyl groups is 1. The van der Waals surface area contributed by atoms with Gasteiger partial charge in [-0.1, -0.05) is 26.0 Å². The molecule has 200 valence electrons. The van der Waals surface area contributed by atoms with Crippen LogP contribution in [0.3, 0.4) is 0 Å². The van der Waals surface area contributed by atoms with Crippen molar-refractivity contribution in [1.82, 2.24) is 34.0 Å². The van der Waals surface area contributed by atoms with Gasteiger partial charge >= 0.3 is 0 Å². The minimum atomic E-state index is -1.06. The maximum atomic E-state index is 13.4. The molecule has 2 aliphatic rings. The lowest BCUT2D eigenvalue weighted by molar-refractivity contribution is -0.197. The molecule has 5 heterocycles. The number of amides is 1. The number of para-hydroxylation sites is 2. The molecule has 0 radical (unpaired) electrons. The van der Waals surface area contributed by atoms with Gasteiger partial charge in [-0.05, 0) is 31.9 Å². The number of hydrogen-bond donors (Lipinski definition) is 2. The first-order valence-electron chi connectivity index (χ1n) is 13.2. The summed E-state index contributed by atoms with van der Waals surface area (Å²) >= 11 is 0. The number of carbonyl (C=O) groups excluding carboxylic acids is 1. The third-order valence-electron chi connectivity index (χ3n) is 8.19. The van der Waals surface area contributed by atoms with E-state index < -0.39 is 11.2 Å². The number of carbonyl (C=O) groups is 1. The van der Waals surface area contributed by atoms with Crippen LogP contribution in [0.5, 0.6) is 0 Å². The standard InChI is InChI=1S/C27H34N8O3/c1-17(2)24-32-18-6-4-5-7-19(18)34(24)12-21(36)33-10-8-27(9-11-33)14-26(3,37)20(13-38-27)35-16-31-22-23(28)29-15-30-25(22)35/h4-7,15-17,20,37H,8-14H2,1-3H3,(H2,28,29,30)/t20-,26-/m1/s1. The van der Waals surface area contributed by atoms with Gasteiger partial charge < -0.3 is 29.6 Å². The van der Waals surface area contributed by atoms with Crippen molar-refractivity contribution >= 4 is 33.9 Å². The Kier molecular flexibility index (Phi) is 5.88.